The molecule has 3 saturated heterocycles. The number of carbonyl (C=O) groups is 2. The lowest BCUT2D eigenvalue weighted by Crippen LogP contribution is -2.55. The van der Waals surface area contributed by atoms with E-state index in [0.717, 1.165) is 65.6 Å². The van der Waals surface area contributed by atoms with Crippen LogP contribution >= 0.6 is 0 Å². The predicted octanol–water partition coefficient (Wildman–Crippen LogP) is 5.62. The normalized spacial score (nSPS) is 23.2. The maximum Gasteiger partial charge on any atom is 0.264 e. The molecule has 3 fully saturated rings. The number of nitrogens with one attached hydrogen (secondary N) is 1. The highest BCUT2D eigenvalue weighted by molar-refractivity contribution is 6.91. The molecule has 4 aliphatic rings. The maximum atomic E-state index is 15.6. The van der Waals surface area contributed by atoms with Crippen LogP contribution in [0.1, 0.15) is 43.0 Å². The third-order valence-corrected chi connectivity index (χ3v) is 18.5. The van der Waals surface area contributed by atoms with Crippen LogP contribution in [0.25, 0.3) is 0 Å². The molecule has 324 valence electrons. The number of aryl methyl sites for hydroxylation is 1. The van der Waals surface area contributed by atoms with Crippen molar-refractivity contribution >= 4 is 42.1 Å². The number of benzene rings is 4. The average Bonchev–Trinajstić information content (AvgIpc) is 4.02. The summed E-state index contributed by atoms with van der Waals surface area (Å²) in [6.07, 6.45) is 4.09. The highest BCUT2D eigenvalue weighted by Gasteiger charge is 2.66. The van der Waals surface area contributed by atoms with Crippen molar-refractivity contribution in [2.24, 2.45) is 5.92 Å². The zero-order valence-corrected chi connectivity index (χ0v) is 37.3. The number of aromatic nitrogens is 3. The number of hydrogen-bond acceptors (Lipinski definition) is 10. The summed E-state index contributed by atoms with van der Waals surface area (Å²) in [5, 5.41) is 22.8. The average molecular weight is 856 g/mol. The predicted molar refractivity (Wildman–Crippen MR) is 242 cm³/mol. The Labute approximate surface area is 364 Å². The molecule has 4 atom stereocenters. The number of amides is 2. The van der Waals surface area contributed by atoms with Crippen molar-refractivity contribution in [3.8, 4) is 11.5 Å². The Hall–Kier alpha value is -5.54. The van der Waals surface area contributed by atoms with Crippen molar-refractivity contribution in [2.75, 3.05) is 55.3 Å². The molecule has 2 spiro atoms. The van der Waals surface area contributed by atoms with Gasteiger partial charge in [0.25, 0.3) is 11.8 Å². The Morgan fingerprint density at radius 3 is 2.34 bits per heavy atom. The molecule has 0 unspecified atom stereocenters. The minimum atomic E-state index is -2.40. The van der Waals surface area contributed by atoms with Crippen molar-refractivity contribution in [1.82, 2.24) is 20.3 Å². The Bertz CT molecular complexity index is 2420. The Morgan fingerprint density at radius 2 is 1.61 bits per heavy atom. The summed E-state index contributed by atoms with van der Waals surface area (Å²) in [4.78, 5) is 36.3. The number of piperidine rings is 1. The molecule has 4 aromatic carbocycles. The molecular weight excluding hydrogens is 799 g/mol. The smallest absolute Gasteiger partial charge is 0.264 e. The largest absolute Gasteiger partial charge is 0.497 e. The van der Waals surface area contributed by atoms with Crippen LogP contribution in [0.15, 0.2) is 103 Å². The first-order valence-electron chi connectivity index (χ1n) is 21.8. The number of anilines is 3. The van der Waals surface area contributed by atoms with Crippen LogP contribution < -0.4 is 34.7 Å². The summed E-state index contributed by atoms with van der Waals surface area (Å²) < 4.78 is 20.6. The summed E-state index contributed by atoms with van der Waals surface area (Å²) in [5.41, 5.74) is 3.22. The topological polar surface area (TPSA) is 135 Å². The van der Waals surface area contributed by atoms with E-state index in [4.69, 9.17) is 14.2 Å². The number of rotatable bonds is 13. The van der Waals surface area contributed by atoms with Crippen molar-refractivity contribution in [1.29, 1.82) is 0 Å². The van der Waals surface area contributed by atoms with E-state index < -0.39 is 19.2 Å². The molecule has 0 saturated carbocycles. The Balaban J connectivity index is 1.06. The highest BCUT2D eigenvalue weighted by atomic mass is 28.3. The summed E-state index contributed by atoms with van der Waals surface area (Å²) in [6, 6.07) is 32.6. The van der Waals surface area contributed by atoms with Gasteiger partial charge in [-0.05, 0) is 98.1 Å². The van der Waals surface area contributed by atoms with E-state index in [2.05, 4.69) is 70.9 Å². The molecule has 0 bridgehead atoms. The van der Waals surface area contributed by atoms with Gasteiger partial charge in [-0.15, -0.1) is 5.10 Å². The van der Waals surface area contributed by atoms with Crippen molar-refractivity contribution in [3.63, 3.8) is 0 Å². The summed E-state index contributed by atoms with van der Waals surface area (Å²) in [6.45, 7) is 9.78. The number of aliphatic hydroxyl groups excluding tert-OH is 1. The molecule has 5 aromatic rings. The minimum absolute atomic E-state index is 0.00181. The number of fused-ring (bicyclic) bond motifs is 2. The summed E-state index contributed by atoms with van der Waals surface area (Å²) in [7, 11) is 0.924. The second kappa shape index (κ2) is 16.6. The fourth-order valence-electron chi connectivity index (χ4n) is 11.0. The number of nitrogens with zero attached hydrogens (tertiary/aromatic N) is 6. The van der Waals surface area contributed by atoms with Gasteiger partial charge in [0.15, 0.2) is 5.60 Å². The van der Waals surface area contributed by atoms with E-state index >= 15 is 4.79 Å². The molecule has 0 aliphatic carbocycles. The highest BCUT2D eigenvalue weighted by Crippen LogP contribution is 2.60. The fraction of sp³-hybridized carbons (Fsp3) is 0.417. The van der Waals surface area contributed by atoms with E-state index in [9.17, 15) is 9.90 Å². The molecule has 2 N–H and O–H groups in total. The number of para-hydroxylation sites is 1. The van der Waals surface area contributed by atoms with Gasteiger partial charge in [0.2, 0.25) is 0 Å². The first-order valence-corrected chi connectivity index (χ1v) is 24.9. The van der Waals surface area contributed by atoms with Gasteiger partial charge in [0, 0.05) is 48.6 Å². The molecule has 9 rings (SSSR count). The first-order chi connectivity index (χ1) is 30.0. The van der Waals surface area contributed by atoms with Crippen LogP contribution in [0, 0.1) is 5.92 Å². The van der Waals surface area contributed by atoms with Gasteiger partial charge in [-0.3, -0.25) is 19.2 Å². The van der Waals surface area contributed by atoms with Crippen molar-refractivity contribution < 1.29 is 28.9 Å². The van der Waals surface area contributed by atoms with Crippen LogP contribution in [0.5, 0.6) is 11.5 Å². The second-order valence-electron chi connectivity index (χ2n) is 17.8. The number of methoxy groups -OCH3 is 2. The van der Waals surface area contributed by atoms with Gasteiger partial charge in [-0.2, -0.15) is 0 Å². The summed E-state index contributed by atoms with van der Waals surface area (Å²) >= 11 is 0. The number of carbonyl (C=O) groups excluding carboxylic acids is 2. The van der Waals surface area contributed by atoms with Crippen LogP contribution in [0.3, 0.4) is 0 Å². The molecule has 5 heterocycles. The zero-order chi connectivity index (χ0) is 43.2. The monoisotopic (exact) mass is 855 g/mol. The SMILES string of the molecule is COc1ccc([Si](C)(C)[C@@H]2[C@@H](CCn3cc(CCO)nn3)O[C@]3(C(=O)N(Cc4cccc(N5CN(c6ccccc6)C6(CCNCC6)C5=O)c4)c4ccc(OC)cc43)[C@H]2C)cc1. The minimum Gasteiger partial charge on any atom is -0.497 e. The maximum absolute atomic E-state index is 15.6. The van der Waals surface area contributed by atoms with E-state index in [0.29, 0.717) is 38.3 Å². The van der Waals surface area contributed by atoms with Gasteiger partial charge >= 0.3 is 0 Å². The Morgan fingerprint density at radius 1 is 0.887 bits per heavy atom. The van der Waals surface area contributed by atoms with Gasteiger partial charge in [0.05, 0.1) is 53.0 Å². The fourth-order valence-corrected chi connectivity index (χ4v) is 15.0. The molecule has 13 nitrogen and oxygen atoms in total. The first kappa shape index (κ1) is 41.8. The number of aliphatic hydroxyl groups is 1. The lowest BCUT2D eigenvalue weighted by atomic mass is 9.82. The van der Waals surface area contributed by atoms with Gasteiger partial charge in [-0.25, -0.2) is 0 Å². The van der Waals surface area contributed by atoms with Gasteiger partial charge in [0.1, 0.15) is 17.0 Å². The van der Waals surface area contributed by atoms with E-state index in [1.54, 1.807) is 14.2 Å². The zero-order valence-electron chi connectivity index (χ0n) is 36.3. The molecule has 4 aliphatic heterocycles. The van der Waals surface area contributed by atoms with Gasteiger partial charge in [-0.1, -0.05) is 72.9 Å². The summed E-state index contributed by atoms with van der Waals surface area (Å²) in [5.74, 6) is 1.26. The van der Waals surface area contributed by atoms with E-state index in [-0.39, 0.29) is 36.0 Å². The Kier molecular flexibility index (Phi) is 11.2. The lowest BCUT2D eigenvalue weighted by molar-refractivity contribution is -0.146. The van der Waals surface area contributed by atoms with Crippen molar-refractivity contribution in [3.05, 3.63) is 120 Å². The van der Waals surface area contributed by atoms with E-state index in [1.807, 2.05) is 87.4 Å². The van der Waals surface area contributed by atoms with Gasteiger partial charge < -0.3 is 34.4 Å². The lowest BCUT2D eigenvalue weighted by Gasteiger charge is -2.39. The second-order valence-corrected chi connectivity index (χ2v) is 22.4. The van der Waals surface area contributed by atoms with Crippen LogP contribution in [0.4, 0.5) is 17.1 Å². The quantitative estimate of drug-likeness (QED) is 0.144. The van der Waals surface area contributed by atoms with E-state index in [1.165, 1.54) is 5.19 Å². The van der Waals surface area contributed by atoms with Crippen LogP contribution in [0.2, 0.25) is 18.6 Å². The number of ether oxygens (including phenoxy) is 3. The third kappa shape index (κ3) is 6.97. The van der Waals surface area contributed by atoms with Crippen molar-refractivity contribution in [2.45, 2.75) is 81.6 Å². The molecule has 1 aromatic heterocycles. The third-order valence-electron chi connectivity index (χ3n) is 14.1. The molecular formula is C48H57N7O6Si. The molecule has 0 radical (unpaired) electrons. The molecule has 62 heavy (non-hydrogen) atoms. The van der Waals surface area contributed by atoms with Crippen LogP contribution in [-0.2, 0) is 39.4 Å². The standard InChI is InChI=1S/C48H57N7O6Si/c1-33-44(62(4,5)40-17-14-38(59-2)15-18-40)43(20-26-52-31-35(21-27-56)50-51-52)61-48(33)41-29-39(60-3)16-19-42(41)53(46(48)58)30-34-10-9-13-37(28-34)54-32-55(36-11-7-6-8-12-36)47(45(54)57)22-24-49-25-23-47/h6-19,28-29,31,33,43-44,49,56H,20-27,30,32H2,1-5H3/t33-,43+,44-,48+/m0/s1. The van der Waals surface area contributed by atoms with Crippen LogP contribution in [-0.4, -0.2) is 92.2 Å². The molecule has 14 heteroatoms. The number of hydrogen-bond donors (Lipinski definition) is 2. The molecule has 2 amide bonds.